The zero-order valence-electron chi connectivity index (χ0n) is 17.2. The topological polar surface area (TPSA) is 64.7 Å². The first kappa shape index (κ1) is 20.5. The summed E-state index contributed by atoms with van der Waals surface area (Å²) >= 11 is 0. The summed E-state index contributed by atoms with van der Waals surface area (Å²) in [6, 6.07) is 24.1. The summed E-state index contributed by atoms with van der Waals surface area (Å²) in [4.78, 5) is 0. The molecule has 0 aliphatic heterocycles. The summed E-state index contributed by atoms with van der Waals surface area (Å²) < 4.78 is 12.4. The molecule has 4 nitrogen and oxygen atoms in total. The van der Waals surface area contributed by atoms with Crippen LogP contribution in [-0.2, 0) is 25.2 Å². The van der Waals surface area contributed by atoms with Gasteiger partial charge in [-0.2, -0.15) is 0 Å². The summed E-state index contributed by atoms with van der Waals surface area (Å²) in [7, 11) is 0. The minimum atomic E-state index is -1.02. The van der Waals surface area contributed by atoms with Crippen LogP contribution >= 0.6 is 0 Å². The van der Waals surface area contributed by atoms with Gasteiger partial charge in [-0.25, -0.2) is 0 Å². The van der Waals surface area contributed by atoms with Crippen LogP contribution in [0.4, 0.5) is 0 Å². The highest BCUT2D eigenvalue weighted by atomic mass is 16.5. The van der Waals surface area contributed by atoms with E-state index < -0.39 is 5.60 Å². The molecule has 1 atom stereocenters. The minimum Gasteiger partial charge on any atom is -0.485 e. The van der Waals surface area contributed by atoms with Crippen LogP contribution < -0.4 is 15.2 Å². The van der Waals surface area contributed by atoms with Crippen molar-refractivity contribution in [1.29, 1.82) is 0 Å². The van der Waals surface area contributed by atoms with Crippen LogP contribution in [0, 0.1) is 0 Å². The van der Waals surface area contributed by atoms with Crippen LogP contribution in [0.15, 0.2) is 72.8 Å². The Kier molecular flexibility index (Phi) is 6.36. The average Bonchev–Trinajstić information content (AvgIpc) is 2.96. The SMILES string of the molecule is NCC1(O)CCCCc2cc(OCc3ccccc3)c(OCc3ccccc3)cc21. The molecule has 0 aromatic heterocycles. The standard InChI is InChI=1S/C26H29NO3/c27-19-26(28)14-8-7-13-22-15-24(29-17-20-9-3-1-4-10-20)25(16-23(22)26)30-18-21-11-5-2-6-12-21/h1-6,9-12,15-16,28H,7-8,13-14,17-19,27H2. The first-order chi connectivity index (χ1) is 14.7. The van der Waals surface area contributed by atoms with Crippen LogP contribution in [0.2, 0.25) is 0 Å². The number of aryl methyl sites for hydroxylation is 1. The van der Waals surface area contributed by atoms with Crippen molar-refractivity contribution in [3.8, 4) is 11.5 Å². The second kappa shape index (κ2) is 9.33. The predicted molar refractivity (Wildman–Crippen MR) is 118 cm³/mol. The second-order valence-electron chi connectivity index (χ2n) is 7.95. The number of aliphatic hydroxyl groups is 1. The van der Waals surface area contributed by atoms with Gasteiger partial charge in [0.15, 0.2) is 11.5 Å². The Morgan fingerprint density at radius 2 is 1.37 bits per heavy atom. The maximum absolute atomic E-state index is 11.2. The maximum Gasteiger partial charge on any atom is 0.162 e. The molecule has 0 spiro atoms. The highest BCUT2D eigenvalue weighted by molar-refractivity contribution is 5.50. The van der Waals surface area contributed by atoms with Crippen LogP contribution in [0.5, 0.6) is 11.5 Å². The lowest BCUT2D eigenvalue weighted by Crippen LogP contribution is -2.35. The average molecular weight is 404 g/mol. The van der Waals surface area contributed by atoms with Crippen LogP contribution in [0.3, 0.4) is 0 Å². The molecule has 1 unspecified atom stereocenters. The third-order valence-corrected chi connectivity index (χ3v) is 5.77. The Morgan fingerprint density at radius 1 is 0.800 bits per heavy atom. The predicted octanol–water partition coefficient (Wildman–Crippen LogP) is 4.72. The lowest BCUT2D eigenvalue weighted by Gasteiger charge is -2.28. The van der Waals surface area contributed by atoms with Gasteiger partial charge in [-0.1, -0.05) is 60.7 Å². The highest BCUT2D eigenvalue weighted by Gasteiger charge is 2.33. The number of rotatable bonds is 7. The van der Waals surface area contributed by atoms with Gasteiger partial charge in [0.2, 0.25) is 0 Å². The zero-order chi connectivity index (χ0) is 20.8. The van der Waals surface area contributed by atoms with Crippen LogP contribution in [0.25, 0.3) is 0 Å². The molecule has 0 amide bonds. The van der Waals surface area contributed by atoms with Crippen LogP contribution in [-0.4, -0.2) is 11.7 Å². The molecule has 0 saturated carbocycles. The van der Waals surface area contributed by atoms with Crippen molar-refractivity contribution in [2.75, 3.05) is 6.54 Å². The van der Waals surface area contributed by atoms with Gasteiger partial charge >= 0.3 is 0 Å². The van der Waals surface area contributed by atoms with E-state index in [2.05, 4.69) is 0 Å². The smallest absolute Gasteiger partial charge is 0.162 e. The van der Waals surface area contributed by atoms with E-state index in [-0.39, 0.29) is 6.54 Å². The van der Waals surface area contributed by atoms with E-state index in [1.54, 1.807) is 0 Å². The van der Waals surface area contributed by atoms with E-state index in [4.69, 9.17) is 15.2 Å². The molecule has 4 heteroatoms. The molecule has 0 saturated heterocycles. The molecule has 3 N–H and O–H groups in total. The van der Waals surface area contributed by atoms with Gasteiger partial charge in [0.25, 0.3) is 0 Å². The van der Waals surface area contributed by atoms with Crippen molar-refractivity contribution in [3.63, 3.8) is 0 Å². The molecule has 1 aliphatic rings. The van der Waals surface area contributed by atoms with Crippen molar-refractivity contribution in [3.05, 3.63) is 95.1 Å². The first-order valence-corrected chi connectivity index (χ1v) is 10.6. The van der Waals surface area contributed by atoms with Gasteiger partial charge < -0.3 is 20.3 Å². The zero-order valence-corrected chi connectivity index (χ0v) is 17.2. The minimum absolute atomic E-state index is 0.197. The lowest BCUT2D eigenvalue weighted by molar-refractivity contribution is 0.0359. The normalized spacial score (nSPS) is 18.3. The fourth-order valence-electron chi connectivity index (χ4n) is 4.02. The van der Waals surface area contributed by atoms with Gasteiger partial charge in [0.1, 0.15) is 18.8 Å². The van der Waals surface area contributed by atoms with E-state index in [1.165, 1.54) is 0 Å². The molecule has 4 rings (SSSR count). The number of nitrogens with two attached hydrogens (primary N) is 1. The number of fused-ring (bicyclic) bond motifs is 1. The van der Waals surface area contributed by atoms with Crippen molar-refractivity contribution < 1.29 is 14.6 Å². The third-order valence-electron chi connectivity index (χ3n) is 5.77. The maximum atomic E-state index is 11.2. The molecule has 3 aromatic rings. The number of hydrogen-bond acceptors (Lipinski definition) is 4. The van der Waals surface area contributed by atoms with E-state index in [1.807, 2.05) is 72.8 Å². The van der Waals surface area contributed by atoms with E-state index in [0.717, 1.165) is 41.5 Å². The Bertz CT molecular complexity index is 959. The Labute approximate surface area is 178 Å². The number of hydrogen-bond donors (Lipinski definition) is 2. The largest absolute Gasteiger partial charge is 0.485 e. The Morgan fingerprint density at radius 3 is 1.93 bits per heavy atom. The summed E-state index contributed by atoms with van der Waals surface area (Å²) in [5, 5.41) is 11.2. The van der Waals surface area contributed by atoms with Gasteiger partial charge in [-0.15, -0.1) is 0 Å². The molecule has 156 valence electrons. The van der Waals surface area contributed by atoms with Crippen LogP contribution in [0.1, 0.15) is 41.5 Å². The molecule has 0 radical (unpaired) electrons. The summed E-state index contributed by atoms with van der Waals surface area (Å²) in [5.74, 6) is 1.34. The molecule has 0 fully saturated rings. The van der Waals surface area contributed by atoms with Gasteiger partial charge in [0, 0.05) is 6.54 Å². The fraction of sp³-hybridized carbons (Fsp3) is 0.308. The summed E-state index contributed by atoms with van der Waals surface area (Å²) in [5.41, 5.74) is 9.11. The van der Waals surface area contributed by atoms with Crippen molar-refractivity contribution >= 4 is 0 Å². The van der Waals surface area contributed by atoms with Crippen molar-refractivity contribution in [1.82, 2.24) is 0 Å². The van der Waals surface area contributed by atoms with E-state index in [9.17, 15) is 5.11 Å². The van der Waals surface area contributed by atoms with Gasteiger partial charge in [0.05, 0.1) is 0 Å². The fourth-order valence-corrected chi connectivity index (χ4v) is 4.02. The van der Waals surface area contributed by atoms with Gasteiger partial charge in [-0.05, 0) is 60.1 Å². The number of benzene rings is 3. The first-order valence-electron chi connectivity index (χ1n) is 10.6. The molecule has 1 aliphatic carbocycles. The number of ether oxygens (including phenoxy) is 2. The molecular weight excluding hydrogens is 374 g/mol. The molecule has 0 bridgehead atoms. The van der Waals surface area contributed by atoms with Gasteiger partial charge in [-0.3, -0.25) is 0 Å². The monoisotopic (exact) mass is 403 g/mol. The third kappa shape index (κ3) is 4.66. The van der Waals surface area contributed by atoms with Crippen molar-refractivity contribution in [2.24, 2.45) is 5.73 Å². The summed E-state index contributed by atoms with van der Waals surface area (Å²) in [6.45, 7) is 1.09. The molecular formula is C26H29NO3. The second-order valence-corrected chi connectivity index (χ2v) is 7.95. The summed E-state index contributed by atoms with van der Waals surface area (Å²) in [6.07, 6.45) is 3.54. The Hall–Kier alpha value is -2.82. The lowest BCUT2D eigenvalue weighted by atomic mass is 9.87. The molecule has 0 heterocycles. The molecule has 3 aromatic carbocycles. The Balaban J connectivity index is 1.66. The van der Waals surface area contributed by atoms with E-state index in [0.29, 0.717) is 31.1 Å². The molecule has 30 heavy (non-hydrogen) atoms. The highest BCUT2D eigenvalue weighted by Crippen LogP contribution is 2.40. The quantitative estimate of drug-likeness (QED) is 0.561. The van der Waals surface area contributed by atoms with E-state index >= 15 is 0 Å². The van der Waals surface area contributed by atoms with Crippen molar-refractivity contribution in [2.45, 2.75) is 44.5 Å².